The van der Waals surface area contributed by atoms with E-state index in [0.29, 0.717) is 18.9 Å². The summed E-state index contributed by atoms with van der Waals surface area (Å²) in [4.78, 5) is 12.2. The molecule has 1 saturated heterocycles. The van der Waals surface area contributed by atoms with Gasteiger partial charge < -0.3 is 10.5 Å². The van der Waals surface area contributed by atoms with Crippen LogP contribution in [0.15, 0.2) is 0 Å². The minimum atomic E-state index is -0.293. The van der Waals surface area contributed by atoms with Crippen LogP contribution in [-0.2, 0) is 9.53 Å². The highest BCUT2D eigenvalue weighted by atomic mass is 16.5. The Morgan fingerprint density at radius 1 is 1.50 bits per heavy atom. The summed E-state index contributed by atoms with van der Waals surface area (Å²) in [7, 11) is 0. The van der Waals surface area contributed by atoms with Crippen molar-refractivity contribution in [3.8, 4) is 0 Å². The molecule has 0 spiro atoms. The molecule has 1 atom stereocenters. The third kappa shape index (κ3) is 1.98. The van der Waals surface area contributed by atoms with Gasteiger partial charge in [0.25, 0.3) is 0 Å². The van der Waals surface area contributed by atoms with Gasteiger partial charge in [-0.2, -0.15) is 0 Å². The van der Waals surface area contributed by atoms with Gasteiger partial charge in [0.2, 0.25) is 0 Å². The van der Waals surface area contributed by atoms with Crippen molar-refractivity contribution < 1.29 is 9.53 Å². The molecule has 0 aromatic rings. The van der Waals surface area contributed by atoms with E-state index < -0.39 is 0 Å². The molecule has 0 aromatic heterocycles. The minimum Gasteiger partial charge on any atom is -0.381 e. The summed E-state index contributed by atoms with van der Waals surface area (Å²) in [6.07, 6.45) is 2.56. The molecule has 1 heterocycles. The second-order valence-corrected chi connectivity index (χ2v) is 4.12. The van der Waals surface area contributed by atoms with Crippen molar-refractivity contribution >= 4 is 5.78 Å². The van der Waals surface area contributed by atoms with Gasteiger partial charge in [-0.15, -0.1) is 0 Å². The number of ketones is 1. The molecule has 82 valence electrons. The van der Waals surface area contributed by atoms with Crippen molar-refractivity contribution in [2.45, 2.75) is 33.1 Å². The second-order valence-electron chi connectivity index (χ2n) is 4.12. The molecule has 1 rings (SSSR count). The first-order valence-electron chi connectivity index (χ1n) is 5.52. The average Bonchev–Trinajstić information content (AvgIpc) is 2.74. The van der Waals surface area contributed by atoms with E-state index >= 15 is 0 Å². The van der Waals surface area contributed by atoms with Gasteiger partial charge in [0.05, 0.1) is 6.61 Å². The summed E-state index contributed by atoms with van der Waals surface area (Å²) >= 11 is 0. The lowest BCUT2D eigenvalue weighted by Gasteiger charge is -2.30. The lowest BCUT2D eigenvalue weighted by Crippen LogP contribution is -2.41. The smallest absolute Gasteiger partial charge is 0.145 e. The normalized spacial score (nSPS) is 22.6. The number of hydrogen-bond donors (Lipinski definition) is 1. The lowest BCUT2D eigenvalue weighted by molar-refractivity contribution is -0.132. The molecule has 0 aliphatic carbocycles. The highest BCUT2D eigenvalue weighted by Crippen LogP contribution is 2.32. The molecule has 14 heavy (non-hydrogen) atoms. The number of hydrogen-bond acceptors (Lipinski definition) is 3. The zero-order chi connectivity index (χ0) is 10.6. The maximum atomic E-state index is 12.2. The van der Waals surface area contributed by atoms with Crippen LogP contribution >= 0.6 is 0 Å². The highest BCUT2D eigenvalue weighted by molar-refractivity contribution is 5.87. The van der Waals surface area contributed by atoms with Crippen molar-refractivity contribution in [2.75, 3.05) is 19.8 Å². The first-order chi connectivity index (χ1) is 6.70. The molecule has 2 N–H and O–H groups in total. The molecule has 1 aliphatic heterocycles. The molecule has 1 fully saturated rings. The van der Waals surface area contributed by atoms with E-state index in [1.54, 1.807) is 0 Å². The molecule has 3 nitrogen and oxygen atoms in total. The van der Waals surface area contributed by atoms with Crippen LogP contribution in [-0.4, -0.2) is 25.5 Å². The third-order valence-electron chi connectivity index (χ3n) is 3.57. The fraction of sp³-hybridized carbons (Fsp3) is 0.909. The Labute approximate surface area is 86.0 Å². The van der Waals surface area contributed by atoms with Gasteiger partial charge in [-0.3, -0.25) is 4.79 Å². The van der Waals surface area contributed by atoms with E-state index in [4.69, 9.17) is 10.5 Å². The summed E-state index contributed by atoms with van der Waals surface area (Å²) in [5.74, 6) is 0.418. The van der Waals surface area contributed by atoms with E-state index in [-0.39, 0.29) is 11.3 Å². The predicted molar refractivity (Wildman–Crippen MR) is 56.0 cm³/mol. The summed E-state index contributed by atoms with van der Waals surface area (Å²) in [6.45, 7) is 5.88. The van der Waals surface area contributed by atoms with Gasteiger partial charge >= 0.3 is 0 Å². The second kappa shape index (κ2) is 4.89. The summed E-state index contributed by atoms with van der Waals surface area (Å²) in [5, 5.41) is 0. The zero-order valence-corrected chi connectivity index (χ0v) is 9.21. The van der Waals surface area contributed by atoms with Crippen LogP contribution in [0.1, 0.15) is 33.1 Å². The number of ether oxygens (including phenoxy) is 1. The van der Waals surface area contributed by atoms with Crippen LogP contribution in [0, 0.1) is 11.3 Å². The first-order valence-corrected chi connectivity index (χ1v) is 5.52. The molecule has 1 unspecified atom stereocenters. The number of rotatable bonds is 5. The molecule has 0 amide bonds. The minimum absolute atomic E-state index is 0.0958. The van der Waals surface area contributed by atoms with Crippen LogP contribution in [0.5, 0.6) is 0 Å². The number of Topliss-reactive ketones (excluding diaryl/α,β-unsaturated/α-hetero) is 1. The fourth-order valence-corrected chi connectivity index (χ4v) is 2.16. The molecule has 0 saturated carbocycles. The van der Waals surface area contributed by atoms with E-state index in [1.807, 2.05) is 13.8 Å². The van der Waals surface area contributed by atoms with Gasteiger partial charge in [0, 0.05) is 24.5 Å². The zero-order valence-electron chi connectivity index (χ0n) is 9.21. The monoisotopic (exact) mass is 199 g/mol. The Morgan fingerprint density at radius 3 is 2.50 bits per heavy atom. The van der Waals surface area contributed by atoms with E-state index in [0.717, 1.165) is 25.9 Å². The van der Waals surface area contributed by atoms with E-state index in [1.165, 1.54) is 0 Å². The summed E-state index contributed by atoms with van der Waals surface area (Å²) in [5.41, 5.74) is 5.44. The van der Waals surface area contributed by atoms with Crippen LogP contribution in [0.25, 0.3) is 0 Å². The molecule has 3 heteroatoms. The van der Waals surface area contributed by atoms with Gasteiger partial charge in [-0.05, 0) is 19.3 Å². The van der Waals surface area contributed by atoms with Crippen molar-refractivity contribution in [3.63, 3.8) is 0 Å². The molecule has 0 aromatic carbocycles. The van der Waals surface area contributed by atoms with Crippen LogP contribution in [0.4, 0.5) is 0 Å². The van der Waals surface area contributed by atoms with Crippen LogP contribution in [0.3, 0.4) is 0 Å². The largest absolute Gasteiger partial charge is 0.381 e. The maximum absolute atomic E-state index is 12.2. The number of nitrogens with two attached hydrogens (primary N) is 1. The first kappa shape index (κ1) is 11.7. The van der Waals surface area contributed by atoms with Gasteiger partial charge in [0.1, 0.15) is 5.78 Å². The lowest BCUT2D eigenvalue weighted by atomic mass is 9.73. The van der Waals surface area contributed by atoms with Gasteiger partial charge in [0.15, 0.2) is 0 Å². The summed E-state index contributed by atoms with van der Waals surface area (Å²) in [6, 6.07) is 0. The Kier molecular flexibility index (Phi) is 4.08. The van der Waals surface area contributed by atoms with E-state index in [2.05, 4.69) is 0 Å². The SMILES string of the molecule is CCC(CC)(CN)C(=O)C1CCOC1. The van der Waals surface area contributed by atoms with Crippen molar-refractivity contribution in [3.05, 3.63) is 0 Å². The van der Waals surface area contributed by atoms with Crippen LogP contribution in [0.2, 0.25) is 0 Å². The highest BCUT2D eigenvalue weighted by Gasteiger charge is 2.39. The third-order valence-corrected chi connectivity index (χ3v) is 3.57. The number of carbonyl (C=O) groups excluding carboxylic acids is 1. The molecular weight excluding hydrogens is 178 g/mol. The Balaban J connectivity index is 2.71. The average molecular weight is 199 g/mol. The Hall–Kier alpha value is -0.410. The van der Waals surface area contributed by atoms with Gasteiger partial charge in [-0.25, -0.2) is 0 Å². The van der Waals surface area contributed by atoms with Crippen molar-refractivity contribution in [2.24, 2.45) is 17.1 Å². The maximum Gasteiger partial charge on any atom is 0.145 e. The standard InChI is InChI=1S/C11H21NO2/c1-3-11(4-2,8-12)10(13)9-5-6-14-7-9/h9H,3-8,12H2,1-2H3. The molecule has 0 bridgehead atoms. The Morgan fingerprint density at radius 2 is 2.14 bits per heavy atom. The molecule has 1 aliphatic rings. The van der Waals surface area contributed by atoms with Crippen LogP contribution < -0.4 is 5.73 Å². The van der Waals surface area contributed by atoms with Crippen molar-refractivity contribution in [1.29, 1.82) is 0 Å². The fourth-order valence-electron chi connectivity index (χ4n) is 2.16. The molecular formula is C11H21NO2. The topological polar surface area (TPSA) is 52.3 Å². The quantitative estimate of drug-likeness (QED) is 0.727. The predicted octanol–water partition coefficient (Wildman–Crippen LogP) is 1.36. The van der Waals surface area contributed by atoms with E-state index in [9.17, 15) is 4.79 Å². The van der Waals surface area contributed by atoms with Gasteiger partial charge in [-0.1, -0.05) is 13.8 Å². The summed E-state index contributed by atoms with van der Waals surface area (Å²) < 4.78 is 5.25. The number of carbonyl (C=O) groups is 1. The Bertz CT molecular complexity index is 185. The van der Waals surface area contributed by atoms with Crippen molar-refractivity contribution in [1.82, 2.24) is 0 Å². The molecule has 0 radical (unpaired) electrons.